The summed E-state index contributed by atoms with van der Waals surface area (Å²) in [7, 11) is 0. The van der Waals surface area contributed by atoms with Crippen LogP contribution in [0.25, 0.3) is 0 Å². The third-order valence-electron chi connectivity index (χ3n) is 2.41. The fourth-order valence-electron chi connectivity index (χ4n) is 1.57. The molecule has 70 valence electrons. The Kier molecular flexibility index (Phi) is 2.36. The fraction of sp³-hybridized carbons (Fsp3) is 0.300. The molecule has 0 bridgehead atoms. The molecular formula is C10H11FIN. The second-order valence-electron chi connectivity index (χ2n) is 3.29. The number of hydrogen-bond donors (Lipinski definition) is 1. The average Bonchev–Trinajstić information content (AvgIpc) is 2.82. The molecule has 0 aromatic rings. The van der Waals surface area contributed by atoms with Gasteiger partial charge in [0.25, 0.3) is 0 Å². The zero-order chi connectivity index (χ0) is 9.42. The molecule has 0 spiro atoms. The molecule has 2 aliphatic rings. The molecule has 0 aromatic heterocycles. The first-order valence-corrected chi connectivity index (χ1v) is 6.76. The van der Waals surface area contributed by atoms with Crippen molar-refractivity contribution in [1.29, 1.82) is 0 Å². The highest BCUT2D eigenvalue weighted by molar-refractivity contribution is 14.2. The number of nitrogens with two attached hydrogens (primary N) is 1. The molecule has 2 rings (SSSR count). The summed E-state index contributed by atoms with van der Waals surface area (Å²) in [4.78, 5) is 0. The Morgan fingerprint density at radius 3 is 2.69 bits per heavy atom. The van der Waals surface area contributed by atoms with E-state index in [2.05, 4.69) is 4.51 Å². The van der Waals surface area contributed by atoms with Crippen molar-refractivity contribution in [2.75, 3.05) is 0 Å². The van der Waals surface area contributed by atoms with E-state index in [-0.39, 0.29) is 32.5 Å². The summed E-state index contributed by atoms with van der Waals surface area (Å²) in [6, 6.07) is 0. The van der Waals surface area contributed by atoms with Crippen LogP contribution in [0.15, 0.2) is 33.3 Å². The highest BCUT2D eigenvalue weighted by atomic mass is 127. The standard InChI is InChI=1S/C10H11FIN/c1-12-9-3-2-6(4-8(9)11)7-5-10(7)13/h3-7H,1-2,13H2. The van der Waals surface area contributed by atoms with Crippen LogP contribution in [0.3, 0.4) is 0 Å². The van der Waals surface area contributed by atoms with E-state index in [0.717, 1.165) is 15.7 Å². The average molecular weight is 291 g/mol. The lowest BCUT2D eigenvalue weighted by atomic mass is 9.94. The quantitative estimate of drug-likeness (QED) is 0.778. The predicted octanol–water partition coefficient (Wildman–Crippen LogP) is 2.62. The van der Waals surface area contributed by atoms with E-state index >= 15 is 0 Å². The molecule has 0 amide bonds. The van der Waals surface area contributed by atoms with Crippen molar-refractivity contribution in [3.05, 3.63) is 33.3 Å². The van der Waals surface area contributed by atoms with E-state index < -0.39 is 0 Å². The van der Waals surface area contributed by atoms with Gasteiger partial charge in [-0.3, -0.25) is 0 Å². The molecule has 13 heavy (non-hydrogen) atoms. The van der Waals surface area contributed by atoms with E-state index in [0.29, 0.717) is 5.92 Å². The largest absolute Gasteiger partial charge is 0.402 e. The van der Waals surface area contributed by atoms with Crippen molar-refractivity contribution in [2.45, 2.75) is 6.42 Å². The molecular weight excluding hydrogens is 280 g/mol. The maximum Gasteiger partial charge on any atom is 0.132 e. The summed E-state index contributed by atoms with van der Waals surface area (Å²) in [5, 5.41) is 0. The van der Waals surface area contributed by atoms with Crippen LogP contribution in [-0.2, 0) is 0 Å². The van der Waals surface area contributed by atoms with Gasteiger partial charge in [-0.15, -0.1) is 0 Å². The van der Waals surface area contributed by atoms with Gasteiger partial charge in [-0.05, 0) is 18.4 Å². The molecule has 0 fully saturated rings. The van der Waals surface area contributed by atoms with E-state index in [1.807, 2.05) is 12.2 Å². The van der Waals surface area contributed by atoms with Crippen LogP contribution in [0.4, 0.5) is 4.39 Å². The van der Waals surface area contributed by atoms with Crippen molar-refractivity contribution >= 4 is 25.2 Å². The van der Waals surface area contributed by atoms with Gasteiger partial charge in [-0.2, -0.15) is 0 Å². The zero-order valence-electron chi connectivity index (χ0n) is 7.13. The summed E-state index contributed by atoms with van der Waals surface area (Å²) in [5.41, 5.74) is 6.51. The van der Waals surface area contributed by atoms with Gasteiger partial charge in [0.15, 0.2) is 0 Å². The van der Waals surface area contributed by atoms with Gasteiger partial charge in [0.2, 0.25) is 0 Å². The second kappa shape index (κ2) is 3.36. The van der Waals surface area contributed by atoms with E-state index in [4.69, 9.17) is 5.73 Å². The van der Waals surface area contributed by atoms with Crippen molar-refractivity contribution in [3.63, 3.8) is 0 Å². The molecule has 2 atom stereocenters. The van der Waals surface area contributed by atoms with Crippen LogP contribution < -0.4 is 5.73 Å². The van der Waals surface area contributed by atoms with Crippen LogP contribution in [-0.4, -0.2) is 4.51 Å². The molecule has 0 heterocycles. The van der Waals surface area contributed by atoms with Gasteiger partial charge in [-0.25, -0.2) is 4.39 Å². The first-order valence-electron chi connectivity index (χ1n) is 4.16. The third-order valence-corrected chi connectivity index (χ3v) is 4.19. The molecule has 2 unspecified atom stereocenters. The molecule has 0 aromatic carbocycles. The Labute approximate surface area is 86.9 Å². The number of halogens is 2. The first-order chi connectivity index (χ1) is 6.22. The molecule has 0 saturated carbocycles. The normalized spacial score (nSPS) is 31.9. The minimum atomic E-state index is -0.365. The molecule has 3 heteroatoms. The topological polar surface area (TPSA) is 26.0 Å². The van der Waals surface area contributed by atoms with Gasteiger partial charge < -0.3 is 5.73 Å². The molecule has 0 radical (unpaired) electrons. The number of rotatable bonds is 2. The summed E-state index contributed by atoms with van der Waals surface area (Å²) < 4.78 is 18.0. The smallest absolute Gasteiger partial charge is 0.132 e. The van der Waals surface area contributed by atoms with Crippen LogP contribution in [0, 0.1) is 11.8 Å². The molecule has 0 aliphatic heterocycles. The molecule has 0 saturated heterocycles. The van der Waals surface area contributed by atoms with Crippen molar-refractivity contribution in [1.82, 2.24) is 0 Å². The monoisotopic (exact) mass is 291 g/mol. The van der Waals surface area contributed by atoms with Crippen LogP contribution in [0.2, 0.25) is 0 Å². The molecule has 2 aliphatic carbocycles. The van der Waals surface area contributed by atoms with Gasteiger partial charge in [0.1, 0.15) is 5.83 Å². The SMILES string of the molecule is C=IC1=CCC(C2C=C2N)C=C1F. The Bertz CT molecular complexity index is 341. The van der Waals surface area contributed by atoms with Crippen molar-refractivity contribution in [3.8, 4) is 0 Å². The Morgan fingerprint density at radius 1 is 1.54 bits per heavy atom. The summed E-state index contributed by atoms with van der Waals surface area (Å²) in [6.45, 7) is 0. The highest BCUT2D eigenvalue weighted by Crippen LogP contribution is 2.40. The lowest BCUT2D eigenvalue weighted by Gasteiger charge is -2.15. The van der Waals surface area contributed by atoms with Gasteiger partial charge in [-0.1, -0.05) is 37.4 Å². The highest BCUT2D eigenvalue weighted by Gasteiger charge is 2.31. The summed E-state index contributed by atoms with van der Waals surface area (Å²) >= 11 is -0.365. The number of hydrogen-bond acceptors (Lipinski definition) is 1. The Hall–Kier alpha value is -0.450. The third kappa shape index (κ3) is 1.75. The van der Waals surface area contributed by atoms with E-state index in [1.54, 1.807) is 6.08 Å². The Balaban J connectivity index is 2.08. The maximum atomic E-state index is 13.3. The van der Waals surface area contributed by atoms with Crippen LogP contribution in [0.1, 0.15) is 6.42 Å². The van der Waals surface area contributed by atoms with Gasteiger partial charge >= 0.3 is 0 Å². The number of allylic oxidation sites excluding steroid dienone is 6. The van der Waals surface area contributed by atoms with E-state index in [1.165, 1.54) is 0 Å². The molecule has 1 nitrogen and oxygen atoms in total. The molecule has 2 N–H and O–H groups in total. The van der Waals surface area contributed by atoms with Crippen molar-refractivity contribution in [2.24, 2.45) is 17.6 Å². The summed E-state index contributed by atoms with van der Waals surface area (Å²) in [6.07, 6.45) is 6.60. The summed E-state index contributed by atoms with van der Waals surface area (Å²) in [5.74, 6) is 0.526. The lowest BCUT2D eigenvalue weighted by molar-refractivity contribution is 0.552. The first kappa shape index (κ1) is 9.12. The van der Waals surface area contributed by atoms with Crippen LogP contribution in [0.5, 0.6) is 0 Å². The fourth-order valence-corrected chi connectivity index (χ4v) is 2.68. The second-order valence-corrected chi connectivity index (χ2v) is 5.22. The van der Waals surface area contributed by atoms with Gasteiger partial charge in [0.05, 0.1) is 0 Å². The minimum absolute atomic E-state index is 0.0628. The van der Waals surface area contributed by atoms with Crippen LogP contribution >= 0.6 is 20.7 Å². The predicted molar refractivity (Wildman–Crippen MR) is 62.3 cm³/mol. The maximum absolute atomic E-state index is 13.3. The minimum Gasteiger partial charge on any atom is -0.402 e. The lowest BCUT2D eigenvalue weighted by Crippen LogP contribution is -2.07. The van der Waals surface area contributed by atoms with Crippen molar-refractivity contribution < 1.29 is 4.39 Å². The van der Waals surface area contributed by atoms with E-state index in [9.17, 15) is 4.39 Å². The zero-order valence-corrected chi connectivity index (χ0v) is 9.29. The van der Waals surface area contributed by atoms with Gasteiger partial charge in [0, 0.05) is 15.2 Å². The Morgan fingerprint density at radius 2 is 2.23 bits per heavy atom.